The van der Waals surface area contributed by atoms with Crippen molar-refractivity contribution >= 4 is 28.7 Å². The van der Waals surface area contributed by atoms with E-state index >= 15 is 4.39 Å². The van der Waals surface area contributed by atoms with Crippen molar-refractivity contribution < 1.29 is 27.7 Å². The zero-order valence-electron chi connectivity index (χ0n) is 18.0. The summed E-state index contributed by atoms with van der Waals surface area (Å²) >= 11 is -1.95. The van der Waals surface area contributed by atoms with Crippen molar-refractivity contribution in [2.75, 3.05) is 45.1 Å². The van der Waals surface area contributed by atoms with E-state index in [1.165, 1.54) is 6.07 Å². The molecule has 172 valence electrons. The fourth-order valence-corrected chi connectivity index (χ4v) is 3.92. The number of methoxy groups -OCH3 is 1. The molecule has 0 spiro atoms. The maximum absolute atomic E-state index is 15.1. The van der Waals surface area contributed by atoms with Gasteiger partial charge >= 0.3 is 0 Å². The van der Waals surface area contributed by atoms with Crippen LogP contribution in [0, 0.1) is 5.82 Å². The zero-order chi connectivity index (χ0) is 23.3. The van der Waals surface area contributed by atoms with E-state index in [0.717, 1.165) is 15.9 Å². The Balaban J connectivity index is 1.88. The summed E-state index contributed by atoms with van der Waals surface area (Å²) in [5, 5.41) is 2.72. The summed E-state index contributed by atoms with van der Waals surface area (Å²) in [6.45, 7) is 0.764. The number of halogens is 1. The van der Waals surface area contributed by atoms with Crippen LogP contribution in [0.15, 0.2) is 36.4 Å². The third-order valence-electron chi connectivity index (χ3n) is 4.63. The monoisotopic (exact) mass is 464 g/mol. The van der Waals surface area contributed by atoms with Crippen LogP contribution in [0.3, 0.4) is 0 Å². The molecular formula is C21H25FN4O5S. The molecule has 1 saturated heterocycles. The van der Waals surface area contributed by atoms with Crippen LogP contribution >= 0.6 is 0 Å². The molecule has 2 amide bonds. The van der Waals surface area contributed by atoms with Crippen molar-refractivity contribution in [3.05, 3.63) is 53.3 Å². The molecule has 2 N–H and O–H groups in total. The predicted molar refractivity (Wildman–Crippen MR) is 118 cm³/mol. The lowest BCUT2D eigenvalue weighted by atomic mass is 10.1. The van der Waals surface area contributed by atoms with Crippen molar-refractivity contribution in [2.45, 2.75) is 6.61 Å². The number of rotatable bonds is 9. The van der Waals surface area contributed by atoms with Crippen LogP contribution in [0.1, 0.15) is 15.9 Å². The third kappa shape index (κ3) is 5.74. The van der Waals surface area contributed by atoms with E-state index in [1.807, 2.05) is 19.0 Å². The van der Waals surface area contributed by atoms with Gasteiger partial charge in [-0.1, -0.05) is 12.1 Å². The van der Waals surface area contributed by atoms with Gasteiger partial charge in [-0.25, -0.2) is 8.60 Å². The molecule has 1 unspecified atom stereocenters. The van der Waals surface area contributed by atoms with E-state index in [4.69, 9.17) is 9.47 Å². The van der Waals surface area contributed by atoms with Crippen LogP contribution in [0.4, 0.5) is 10.1 Å². The van der Waals surface area contributed by atoms with Gasteiger partial charge in [0.1, 0.15) is 30.3 Å². The summed E-state index contributed by atoms with van der Waals surface area (Å²) in [5.74, 6) is -1.12. The fourth-order valence-electron chi connectivity index (χ4n) is 2.97. The smallest absolute Gasteiger partial charge is 0.253 e. The Morgan fingerprint density at radius 1 is 1.28 bits per heavy atom. The Labute approximate surface area is 188 Å². The molecule has 32 heavy (non-hydrogen) atoms. The average molecular weight is 465 g/mol. The van der Waals surface area contributed by atoms with Gasteiger partial charge in [-0.2, -0.15) is 0 Å². The number of benzene rings is 2. The second-order valence-corrected chi connectivity index (χ2v) is 8.45. The molecule has 2 aromatic rings. The molecule has 1 heterocycles. The molecule has 0 saturated carbocycles. The number of carbonyl (C=O) groups excluding carboxylic acids is 2. The van der Waals surface area contributed by atoms with E-state index in [-0.39, 0.29) is 30.2 Å². The largest absolute Gasteiger partial charge is 0.497 e. The van der Waals surface area contributed by atoms with Gasteiger partial charge < -0.3 is 19.7 Å². The highest BCUT2D eigenvalue weighted by Gasteiger charge is 2.32. The first-order valence-electron chi connectivity index (χ1n) is 9.79. The van der Waals surface area contributed by atoms with Gasteiger partial charge in [-0.05, 0) is 43.9 Å². The van der Waals surface area contributed by atoms with Crippen LogP contribution < -0.4 is 23.8 Å². The summed E-state index contributed by atoms with van der Waals surface area (Å²) in [4.78, 5) is 26.1. The number of hydrogen-bond donors (Lipinski definition) is 2. The lowest BCUT2D eigenvalue weighted by Gasteiger charge is -2.20. The van der Waals surface area contributed by atoms with Gasteiger partial charge in [0.05, 0.1) is 7.11 Å². The Morgan fingerprint density at radius 2 is 2.00 bits per heavy atom. The lowest BCUT2D eigenvalue weighted by molar-refractivity contribution is -0.117. The summed E-state index contributed by atoms with van der Waals surface area (Å²) in [6, 6.07) is 9.50. The van der Waals surface area contributed by atoms with Gasteiger partial charge in [0, 0.05) is 18.7 Å². The zero-order valence-corrected chi connectivity index (χ0v) is 18.8. The maximum atomic E-state index is 15.1. The van der Waals surface area contributed by atoms with Crippen LogP contribution in [-0.2, 0) is 22.6 Å². The molecule has 0 radical (unpaired) electrons. The highest BCUT2D eigenvalue weighted by molar-refractivity contribution is 7.85. The number of hydrogen-bond acceptors (Lipinski definition) is 6. The SMILES string of the molecule is COc1ccc(COc2cc(C(=O)NCCN(C)C)cc(F)c2N2CC(=O)NS2=O)cc1. The molecule has 3 rings (SSSR count). The standard InChI is InChI=1S/C21H25FN4O5S/c1-25(2)9-8-23-21(28)15-10-17(22)20(26-12-19(27)24-32(26)29)18(11-15)31-13-14-4-6-16(30-3)7-5-14/h4-7,10-11H,8-9,12-13H2,1-3H3,(H,23,28)(H,24,27). The summed E-state index contributed by atoms with van der Waals surface area (Å²) < 4.78 is 41.6. The molecule has 2 aromatic carbocycles. The van der Waals surface area contributed by atoms with Crippen molar-refractivity contribution in [2.24, 2.45) is 0 Å². The van der Waals surface area contributed by atoms with Gasteiger partial charge in [-0.15, -0.1) is 0 Å². The van der Waals surface area contributed by atoms with Gasteiger partial charge in [0.2, 0.25) is 11.2 Å². The van der Waals surface area contributed by atoms with E-state index in [1.54, 1.807) is 31.4 Å². The Bertz CT molecular complexity index is 1020. The number of amides is 2. The number of nitrogens with zero attached hydrogens (tertiary/aromatic N) is 2. The first kappa shape index (κ1) is 23.5. The van der Waals surface area contributed by atoms with E-state index in [2.05, 4.69) is 10.0 Å². The van der Waals surface area contributed by atoms with E-state index in [9.17, 15) is 13.8 Å². The van der Waals surface area contributed by atoms with Crippen molar-refractivity contribution in [1.29, 1.82) is 0 Å². The van der Waals surface area contributed by atoms with Crippen molar-refractivity contribution in [3.8, 4) is 11.5 Å². The molecule has 0 aliphatic carbocycles. The van der Waals surface area contributed by atoms with Crippen LogP contribution in [-0.4, -0.2) is 61.8 Å². The second kappa shape index (κ2) is 10.4. The Hall–Kier alpha value is -3.18. The molecule has 11 heteroatoms. The second-order valence-electron chi connectivity index (χ2n) is 7.31. The molecular weight excluding hydrogens is 439 g/mol. The summed E-state index contributed by atoms with van der Waals surface area (Å²) in [7, 11) is 5.30. The number of anilines is 1. The van der Waals surface area contributed by atoms with Crippen LogP contribution in [0.2, 0.25) is 0 Å². The van der Waals surface area contributed by atoms with Crippen molar-refractivity contribution in [1.82, 2.24) is 14.9 Å². The minimum absolute atomic E-state index is 0.00317. The third-order valence-corrected chi connectivity index (χ3v) is 5.74. The quantitative estimate of drug-likeness (QED) is 0.579. The van der Waals surface area contributed by atoms with E-state index < -0.39 is 28.8 Å². The molecule has 0 bridgehead atoms. The first-order valence-corrected chi connectivity index (χ1v) is 10.9. The topological polar surface area (TPSA) is 100 Å². The first-order chi connectivity index (χ1) is 15.3. The van der Waals surface area contributed by atoms with Crippen molar-refractivity contribution in [3.63, 3.8) is 0 Å². The van der Waals surface area contributed by atoms with Gasteiger partial charge in [0.25, 0.3) is 11.8 Å². The minimum Gasteiger partial charge on any atom is -0.497 e. The molecule has 0 aromatic heterocycles. The number of ether oxygens (including phenoxy) is 2. The predicted octanol–water partition coefficient (Wildman–Crippen LogP) is 1.22. The van der Waals surface area contributed by atoms with Crippen LogP contribution in [0.25, 0.3) is 0 Å². The normalized spacial score (nSPS) is 15.6. The van der Waals surface area contributed by atoms with Crippen LogP contribution in [0.5, 0.6) is 11.5 Å². The molecule has 1 aliphatic heterocycles. The number of nitrogens with one attached hydrogen (secondary N) is 2. The summed E-state index contributed by atoms with van der Waals surface area (Å²) in [5.41, 5.74) is 0.675. The highest BCUT2D eigenvalue weighted by atomic mass is 32.2. The lowest BCUT2D eigenvalue weighted by Crippen LogP contribution is -2.31. The Morgan fingerprint density at radius 3 is 2.59 bits per heavy atom. The summed E-state index contributed by atoms with van der Waals surface area (Å²) in [6.07, 6.45) is 0. The molecule has 1 fully saturated rings. The molecule has 9 nitrogen and oxygen atoms in total. The molecule has 1 aliphatic rings. The maximum Gasteiger partial charge on any atom is 0.253 e. The minimum atomic E-state index is -1.95. The fraction of sp³-hybridized carbons (Fsp3) is 0.333. The van der Waals surface area contributed by atoms with Gasteiger partial charge in [0.15, 0.2) is 5.82 Å². The number of likely N-dealkylation sites (N-methyl/N-ethyl adjacent to an activating group) is 1. The highest BCUT2D eigenvalue weighted by Crippen LogP contribution is 2.35. The average Bonchev–Trinajstić information content (AvgIpc) is 3.09. The van der Waals surface area contributed by atoms with E-state index in [0.29, 0.717) is 18.8 Å². The van der Waals surface area contributed by atoms with Gasteiger partial charge in [-0.3, -0.25) is 18.6 Å². The molecule has 1 atom stereocenters. The number of carbonyl (C=O) groups is 2. The Kier molecular flexibility index (Phi) is 7.65.